The quantitative estimate of drug-likeness (QED) is 0.627. The molecule has 2 rings (SSSR count). The number of carbonyl (C=O) groups is 1. The lowest BCUT2D eigenvalue weighted by atomic mass is 9.86. The Morgan fingerprint density at radius 1 is 1.36 bits per heavy atom. The zero-order valence-corrected chi connectivity index (χ0v) is 8.92. The van der Waals surface area contributed by atoms with Gasteiger partial charge in [0.25, 0.3) is 0 Å². The van der Waals surface area contributed by atoms with Crippen LogP contribution in [-0.2, 0) is 9.53 Å². The molecule has 80 valence electrons. The Bertz CT molecular complexity index is 221. The molecule has 2 fully saturated rings. The number of hydrogen-bond acceptors (Lipinski definition) is 3. The van der Waals surface area contributed by atoms with E-state index in [1.165, 1.54) is 39.2 Å². The third-order valence-corrected chi connectivity index (χ3v) is 3.76. The summed E-state index contributed by atoms with van der Waals surface area (Å²) in [6.45, 7) is 2.68. The molecule has 3 nitrogen and oxygen atoms in total. The number of hydrogen-bond donors (Lipinski definition) is 0. The summed E-state index contributed by atoms with van der Waals surface area (Å²) < 4.78 is 4.68. The highest BCUT2D eigenvalue weighted by atomic mass is 16.5. The molecule has 1 saturated heterocycles. The summed E-state index contributed by atoms with van der Waals surface area (Å²) in [7, 11) is 1.46. The van der Waals surface area contributed by atoms with Crippen LogP contribution < -0.4 is 0 Å². The molecule has 0 N–H and O–H groups in total. The molecule has 3 heteroatoms. The first kappa shape index (κ1) is 9.97. The molecule has 2 aliphatic rings. The molecule has 0 aromatic rings. The van der Waals surface area contributed by atoms with Gasteiger partial charge in [-0.1, -0.05) is 12.8 Å². The minimum atomic E-state index is -0.0972. The first-order chi connectivity index (χ1) is 6.74. The van der Waals surface area contributed by atoms with Crippen molar-refractivity contribution < 1.29 is 9.53 Å². The Labute approximate surface area is 85.4 Å². The smallest absolute Gasteiger partial charge is 0.319 e. The summed E-state index contributed by atoms with van der Waals surface area (Å²) in [5, 5.41) is 0. The van der Waals surface area contributed by atoms with E-state index in [1.807, 2.05) is 0 Å². The average molecular weight is 197 g/mol. The maximum Gasteiger partial charge on any atom is 0.319 e. The highest BCUT2D eigenvalue weighted by molar-refractivity contribution is 5.71. The number of methoxy groups -OCH3 is 1. The van der Waals surface area contributed by atoms with Crippen molar-refractivity contribution in [2.45, 2.75) is 32.1 Å². The third kappa shape index (κ3) is 1.92. The van der Waals surface area contributed by atoms with Crippen molar-refractivity contribution in [3.05, 3.63) is 0 Å². The molecule has 0 radical (unpaired) electrons. The summed E-state index contributed by atoms with van der Waals surface area (Å²) in [5.41, 5.74) is 0.564. The van der Waals surface area contributed by atoms with E-state index in [1.54, 1.807) is 0 Å². The van der Waals surface area contributed by atoms with Gasteiger partial charge in [-0.15, -0.1) is 0 Å². The average Bonchev–Trinajstić information content (AvgIpc) is 2.78. The monoisotopic (exact) mass is 197 g/mol. The Morgan fingerprint density at radius 3 is 2.71 bits per heavy atom. The fraction of sp³-hybridized carbons (Fsp3) is 0.909. The minimum Gasteiger partial charge on any atom is -0.468 e. The lowest BCUT2D eigenvalue weighted by molar-refractivity contribution is -0.141. The first-order valence-electron chi connectivity index (χ1n) is 5.53. The van der Waals surface area contributed by atoms with Crippen LogP contribution >= 0.6 is 0 Å². The molecule has 14 heavy (non-hydrogen) atoms. The van der Waals surface area contributed by atoms with Crippen LogP contribution in [0.15, 0.2) is 0 Å². The van der Waals surface area contributed by atoms with E-state index < -0.39 is 0 Å². The SMILES string of the molecule is COC(=O)CN1CCC2(CCCC2)C1. The van der Waals surface area contributed by atoms with Gasteiger partial charge in [-0.3, -0.25) is 9.69 Å². The van der Waals surface area contributed by atoms with E-state index in [2.05, 4.69) is 9.64 Å². The third-order valence-electron chi connectivity index (χ3n) is 3.76. The zero-order valence-electron chi connectivity index (χ0n) is 8.92. The van der Waals surface area contributed by atoms with Crippen molar-refractivity contribution in [3.63, 3.8) is 0 Å². The van der Waals surface area contributed by atoms with Gasteiger partial charge in [-0.25, -0.2) is 0 Å². The van der Waals surface area contributed by atoms with Gasteiger partial charge in [0, 0.05) is 6.54 Å². The van der Waals surface area contributed by atoms with Crippen LogP contribution in [-0.4, -0.2) is 37.6 Å². The molecule has 0 aromatic carbocycles. The van der Waals surface area contributed by atoms with Crippen molar-refractivity contribution in [2.24, 2.45) is 5.41 Å². The Kier molecular flexibility index (Phi) is 2.77. The van der Waals surface area contributed by atoms with Crippen molar-refractivity contribution in [2.75, 3.05) is 26.7 Å². The van der Waals surface area contributed by atoms with E-state index in [9.17, 15) is 4.79 Å². The lowest BCUT2D eigenvalue weighted by Crippen LogP contribution is -2.30. The molecule has 1 heterocycles. The number of esters is 1. The second kappa shape index (κ2) is 3.89. The minimum absolute atomic E-state index is 0.0972. The van der Waals surface area contributed by atoms with Crippen molar-refractivity contribution >= 4 is 5.97 Å². The summed E-state index contributed by atoms with van der Waals surface area (Å²) in [4.78, 5) is 13.4. The molecule has 1 aliphatic heterocycles. The van der Waals surface area contributed by atoms with Gasteiger partial charge in [0.15, 0.2) is 0 Å². The molecule has 0 bridgehead atoms. The Morgan fingerprint density at radius 2 is 2.07 bits per heavy atom. The standard InChI is InChI=1S/C11H19NO2/c1-14-10(13)8-12-7-6-11(9-12)4-2-3-5-11/h2-9H2,1H3. The van der Waals surface area contributed by atoms with E-state index in [-0.39, 0.29) is 5.97 Å². The lowest BCUT2D eigenvalue weighted by Gasteiger charge is -2.22. The van der Waals surface area contributed by atoms with E-state index >= 15 is 0 Å². The van der Waals surface area contributed by atoms with Gasteiger partial charge in [-0.2, -0.15) is 0 Å². The largest absolute Gasteiger partial charge is 0.468 e. The van der Waals surface area contributed by atoms with Crippen LogP contribution in [0.1, 0.15) is 32.1 Å². The van der Waals surface area contributed by atoms with Crippen LogP contribution in [0.5, 0.6) is 0 Å². The summed E-state index contributed by atoms with van der Waals surface area (Å²) in [6, 6.07) is 0. The topological polar surface area (TPSA) is 29.5 Å². The van der Waals surface area contributed by atoms with Gasteiger partial charge in [0.2, 0.25) is 0 Å². The van der Waals surface area contributed by atoms with Crippen LogP contribution in [0.25, 0.3) is 0 Å². The zero-order chi connectivity index (χ0) is 10.0. The van der Waals surface area contributed by atoms with Crippen LogP contribution in [0, 0.1) is 5.41 Å². The van der Waals surface area contributed by atoms with Crippen molar-refractivity contribution in [1.82, 2.24) is 4.90 Å². The predicted molar refractivity (Wildman–Crippen MR) is 54.0 cm³/mol. The number of nitrogens with zero attached hydrogens (tertiary/aromatic N) is 1. The summed E-state index contributed by atoms with van der Waals surface area (Å²) in [5.74, 6) is -0.0972. The van der Waals surface area contributed by atoms with E-state index in [4.69, 9.17) is 0 Å². The van der Waals surface area contributed by atoms with Crippen LogP contribution in [0.2, 0.25) is 0 Å². The molecular formula is C11H19NO2. The summed E-state index contributed by atoms with van der Waals surface area (Å²) >= 11 is 0. The molecule has 1 saturated carbocycles. The maximum absolute atomic E-state index is 11.1. The van der Waals surface area contributed by atoms with Gasteiger partial charge in [-0.05, 0) is 31.2 Å². The van der Waals surface area contributed by atoms with Gasteiger partial charge in [0.05, 0.1) is 13.7 Å². The Hall–Kier alpha value is -0.570. The van der Waals surface area contributed by atoms with E-state index in [0.717, 1.165) is 13.1 Å². The second-order valence-electron chi connectivity index (χ2n) is 4.74. The van der Waals surface area contributed by atoms with Gasteiger partial charge in [0.1, 0.15) is 0 Å². The molecular weight excluding hydrogens is 178 g/mol. The van der Waals surface area contributed by atoms with Gasteiger partial charge < -0.3 is 4.74 Å². The van der Waals surface area contributed by atoms with Crippen molar-refractivity contribution in [1.29, 1.82) is 0 Å². The number of likely N-dealkylation sites (tertiary alicyclic amines) is 1. The Balaban J connectivity index is 1.85. The summed E-state index contributed by atoms with van der Waals surface area (Å²) in [6.07, 6.45) is 6.78. The highest BCUT2D eigenvalue weighted by Gasteiger charge is 2.40. The molecule has 0 unspecified atom stereocenters. The number of ether oxygens (including phenoxy) is 1. The highest BCUT2D eigenvalue weighted by Crippen LogP contribution is 2.45. The molecule has 1 spiro atoms. The van der Waals surface area contributed by atoms with Crippen LogP contribution in [0.3, 0.4) is 0 Å². The second-order valence-corrected chi connectivity index (χ2v) is 4.74. The fourth-order valence-electron chi connectivity index (χ4n) is 2.94. The van der Waals surface area contributed by atoms with E-state index in [0.29, 0.717) is 12.0 Å². The number of carbonyl (C=O) groups excluding carboxylic acids is 1. The van der Waals surface area contributed by atoms with Gasteiger partial charge >= 0.3 is 5.97 Å². The first-order valence-corrected chi connectivity index (χ1v) is 5.53. The molecule has 0 atom stereocenters. The van der Waals surface area contributed by atoms with Crippen LogP contribution in [0.4, 0.5) is 0 Å². The maximum atomic E-state index is 11.1. The van der Waals surface area contributed by atoms with Crippen molar-refractivity contribution in [3.8, 4) is 0 Å². The molecule has 0 amide bonds. The number of rotatable bonds is 2. The molecule has 0 aromatic heterocycles. The normalized spacial score (nSPS) is 25.8. The molecule has 1 aliphatic carbocycles. The predicted octanol–water partition coefficient (Wildman–Crippen LogP) is 1.43. The fourth-order valence-corrected chi connectivity index (χ4v) is 2.94.